The van der Waals surface area contributed by atoms with Gasteiger partial charge in [0.05, 0.1) is 30.4 Å². The van der Waals surface area contributed by atoms with Crippen LogP contribution in [-0.2, 0) is 0 Å². The summed E-state index contributed by atoms with van der Waals surface area (Å²) in [5, 5.41) is 7.45. The molecule has 0 aliphatic rings. The summed E-state index contributed by atoms with van der Waals surface area (Å²) in [6.45, 7) is 7.78. The van der Waals surface area contributed by atoms with Crippen molar-refractivity contribution in [3.05, 3.63) is 54.0 Å². The third-order valence-corrected chi connectivity index (χ3v) is 3.78. The molecule has 0 bridgehead atoms. The maximum absolute atomic E-state index is 12.6. The van der Waals surface area contributed by atoms with Crippen molar-refractivity contribution in [1.29, 1.82) is 0 Å². The van der Waals surface area contributed by atoms with Crippen molar-refractivity contribution in [1.82, 2.24) is 25.1 Å². The summed E-state index contributed by atoms with van der Waals surface area (Å²) in [5.74, 6) is 0.267. The van der Waals surface area contributed by atoms with E-state index in [0.29, 0.717) is 23.0 Å². The van der Waals surface area contributed by atoms with Crippen molar-refractivity contribution in [3.8, 4) is 23.0 Å². The molecule has 0 fully saturated rings. The molecule has 0 unspecified atom stereocenters. The number of pyridine rings is 2. The standard InChI is InChI=1S/C20H23N5O2/c1-13-8-9-21-15(10-13)17-11-16(19(26)23-20(2,3)4)24-25(17)14-6-7-18(27-5)22-12-14/h6-12H,1-5H3,(H,23,26). The summed E-state index contributed by atoms with van der Waals surface area (Å²) < 4.78 is 6.79. The van der Waals surface area contributed by atoms with E-state index in [1.807, 2.05) is 45.9 Å². The summed E-state index contributed by atoms with van der Waals surface area (Å²) >= 11 is 0. The molecule has 27 heavy (non-hydrogen) atoms. The number of carbonyl (C=O) groups excluding carboxylic acids is 1. The topological polar surface area (TPSA) is 81.9 Å². The highest BCUT2D eigenvalue weighted by Crippen LogP contribution is 2.24. The van der Waals surface area contributed by atoms with Crippen LogP contribution < -0.4 is 10.1 Å². The number of aryl methyl sites for hydroxylation is 1. The lowest BCUT2D eigenvalue weighted by molar-refractivity contribution is 0.0914. The number of methoxy groups -OCH3 is 1. The van der Waals surface area contributed by atoms with Gasteiger partial charge in [0, 0.05) is 17.8 Å². The molecule has 3 aromatic rings. The van der Waals surface area contributed by atoms with Gasteiger partial charge in [0.15, 0.2) is 5.69 Å². The quantitative estimate of drug-likeness (QED) is 0.768. The van der Waals surface area contributed by atoms with E-state index >= 15 is 0 Å². The minimum atomic E-state index is -0.357. The fourth-order valence-electron chi connectivity index (χ4n) is 2.57. The molecule has 0 saturated heterocycles. The van der Waals surface area contributed by atoms with E-state index in [-0.39, 0.29) is 11.4 Å². The van der Waals surface area contributed by atoms with Crippen molar-refractivity contribution < 1.29 is 9.53 Å². The van der Waals surface area contributed by atoms with Crippen LogP contribution in [0, 0.1) is 6.92 Å². The lowest BCUT2D eigenvalue weighted by Gasteiger charge is -2.19. The molecule has 0 atom stereocenters. The van der Waals surface area contributed by atoms with Crippen LogP contribution in [-0.4, -0.2) is 38.3 Å². The minimum Gasteiger partial charge on any atom is -0.481 e. The van der Waals surface area contributed by atoms with E-state index in [9.17, 15) is 4.79 Å². The number of amides is 1. The number of rotatable bonds is 4. The first-order valence-corrected chi connectivity index (χ1v) is 8.63. The van der Waals surface area contributed by atoms with Gasteiger partial charge >= 0.3 is 0 Å². The SMILES string of the molecule is COc1ccc(-n2nc(C(=O)NC(C)(C)C)cc2-c2cc(C)ccn2)cn1. The Morgan fingerprint density at radius 2 is 1.93 bits per heavy atom. The van der Waals surface area contributed by atoms with Crippen molar-refractivity contribution in [2.45, 2.75) is 33.2 Å². The van der Waals surface area contributed by atoms with Crippen LogP contribution >= 0.6 is 0 Å². The molecule has 0 saturated carbocycles. The molecule has 0 aromatic carbocycles. The Kier molecular flexibility index (Phi) is 4.94. The van der Waals surface area contributed by atoms with E-state index in [1.165, 1.54) is 0 Å². The number of hydrogen-bond acceptors (Lipinski definition) is 5. The average Bonchev–Trinajstić information content (AvgIpc) is 3.06. The van der Waals surface area contributed by atoms with Crippen molar-refractivity contribution in [3.63, 3.8) is 0 Å². The summed E-state index contributed by atoms with van der Waals surface area (Å²) in [6.07, 6.45) is 3.39. The first-order chi connectivity index (χ1) is 12.8. The normalized spacial score (nSPS) is 11.3. The Morgan fingerprint density at radius 1 is 1.15 bits per heavy atom. The van der Waals surface area contributed by atoms with Gasteiger partial charge in [0.1, 0.15) is 0 Å². The Balaban J connectivity index is 2.10. The second-order valence-electron chi connectivity index (χ2n) is 7.31. The molecule has 3 aromatic heterocycles. The predicted octanol–water partition coefficient (Wildman–Crippen LogP) is 3.17. The largest absolute Gasteiger partial charge is 0.481 e. The maximum atomic E-state index is 12.6. The average molecular weight is 365 g/mol. The number of nitrogens with one attached hydrogen (secondary N) is 1. The molecule has 1 amide bonds. The highest BCUT2D eigenvalue weighted by Gasteiger charge is 2.21. The molecule has 0 spiro atoms. The number of carbonyl (C=O) groups is 1. The zero-order chi connectivity index (χ0) is 19.6. The third-order valence-electron chi connectivity index (χ3n) is 3.78. The van der Waals surface area contributed by atoms with Gasteiger partial charge < -0.3 is 10.1 Å². The highest BCUT2D eigenvalue weighted by atomic mass is 16.5. The lowest BCUT2D eigenvalue weighted by Crippen LogP contribution is -2.40. The second-order valence-corrected chi connectivity index (χ2v) is 7.31. The fourth-order valence-corrected chi connectivity index (χ4v) is 2.57. The van der Waals surface area contributed by atoms with E-state index < -0.39 is 0 Å². The maximum Gasteiger partial charge on any atom is 0.272 e. The number of ether oxygens (including phenoxy) is 1. The van der Waals surface area contributed by atoms with E-state index in [0.717, 1.165) is 11.3 Å². The van der Waals surface area contributed by atoms with Gasteiger partial charge in [-0.2, -0.15) is 5.10 Å². The van der Waals surface area contributed by atoms with Gasteiger partial charge in [0.2, 0.25) is 5.88 Å². The first-order valence-electron chi connectivity index (χ1n) is 8.63. The highest BCUT2D eigenvalue weighted by molar-refractivity contribution is 5.94. The molecule has 0 aliphatic carbocycles. The lowest BCUT2D eigenvalue weighted by atomic mass is 10.1. The summed E-state index contributed by atoms with van der Waals surface area (Å²) in [4.78, 5) is 21.3. The van der Waals surface area contributed by atoms with E-state index in [1.54, 1.807) is 36.3 Å². The molecule has 0 aliphatic heterocycles. The van der Waals surface area contributed by atoms with Gasteiger partial charge in [-0.1, -0.05) is 0 Å². The van der Waals surface area contributed by atoms with Gasteiger partial charge in [-0.15, -0.1) is 0 Å². The predicted molar refractivity (Wildman–Crippen MR) is 103 cm³/mol. The first kappa shape index (κ1) is 18.6. The number of nitrogens with zero attached hydrogens (tertiary/aromatic N) is 4. The van der Waals surface area contributed by atoms with Crippen molar-refractivity contribution in [2.24, 2.45) is 0 Å². The smallest absolute Gasteiger partial charge is 0.272 e. The fraction of sp³-hybridized carbons (Fsp3) is 0.300. The monoisotopic (exact) mass is 365 g/mol. The van der Waals surface area contributed by atoms with Crippen LogP contribution in [0.15, 0.2) is 42.7 Å². The molecule has 7 nitrogen and oxygen atoms in total. The van der Waals surface area contributed by atoms with E-state index in [2.05, 4.69) is 20.4 Å². The summed E-state index contributed by atoms with van der Waals surface area (Å²) in [7, 11) is 1.56. The zero-order valence-electron chi connectivity index (χ0n) is 16.1. The van der Waals surface area contributed by atoms with Crippen molar-refractivity contribution in [2.75, 3.05) is 7.11 Å². The molecule has 3 heterocycles. The van der Waals surface area contributed by atoms with E-state index in [4.69, 9.17) is 4.74 Å². The van der Waals surface area contributed by atoms with Crippen LogP contribution in [0.3, 0.4) is 0 Å². The zero-order valence-corrected chi connectivity index (χ0v) is 16.1. The molecule has 1 N–H and O–H groups in total. The van der Waals surface area contributed by atoms with Gasteiger partial charge in [-0.05, 0) is 57.5 Å². The molecular formula is C20H23N5O2. The van der Waals surface area contributed by atoms with Crippen LogP contribution in [0.25, 0.3) is 17.1 Å². The Morgan fingerprint density at radius 3 is 2.52 bits per heavy atom. The Hall–Kier alpha value is -3.22. The summed E-state index contributed by atoms with van der Waals surface area (Å²) in [5.41, 5.74) is 3.19. The van der Waals surface area contributed by atoms with Gasteiger partial charge in [-0.3, -0.25) is 9.78 Å². The summed E-state index contributed by atoms with van der Waals surface area (Å²) in [6, 6.07) is 9.21. The molecule has 3 rings (SSSR count). The van der Waals surface area contributed by atoms with Crippen LogP contribution in [0.2, 0.25) is 0 Å². The molecule has 0 radical (unpaired) electrons. The Labute approximate surface area is 158 Å². The second kappa shape index (κ2) is 7.19. The minimum absolute atomic E-state index is 0.239. The number of aromatic nitrogens is 4. The van der Waals surface area contributed by atoms with Crippen LogP contribution in [0.1, 0.15) is 36.8 Å². The van der Waals surface area contributed by atoms with Crippen molar-refractivity contribution >= 4 is 5.91 Å². The van der Waals surface area contributed by atoms with Crippen LogP contribution in [0.4, 0.5) is 0 Å². The van der Waals surface area contributed by atoms with Gasteiger partial charge in [-0.25, -0.2) is 9.67 Å². The molecular weight excluding hydrogens is 342 g/mol. The van der Waals surface area contributed by atoms with Gasteiger partial charge in [0.25, 0.3) is 5.91 Å². The third kappa shape index (κ3) is 4.31. The van der Waals surface area contributed by atoms with Crippen LogP contribution in [0.5, 0.6) is 5.88 Å². The number of hydrogen-bond donors (Lipinski definition) is 1. The molecule has 7 heteroatoms. The Bertz CT molecular complexity index is 955. The molecule has 140 valence electrons.